The van der Waals surface area contributed by atoms with Crippen molar-refractivity contribution in [3.8, 4) is 0 Å². The molecule has 0 nitrogen and oxygen atoms in total. The van der Waals surface area contributed by atoms with Crippen molar-refractivity contribution < 1.29 is 0 Å². The second kappa shape index (κ2) is 3.43. The van der Waals surface area contributed by atoms with Gasteiger partial charge in [0.1, 0.15) is 0 Å². The van der Waals surface area contributed by atoms with E-state index in [2.05, 4.69) is 22.6 Å². The monoisotopic (exact) mass is 302 g/mol. The Morgan fingerprint density at radius 2 is 1.90 bits per heavy atom. The zero-order valence-corrected chi connectivity index (χ0v) is 11.0. The van der Waals surface area contributed by atoms with Gasteiger partial charge >= 0.3 is 0 Å². The fourth-order valence-electron chi connectivity index (χ4n) is 0.622. The number of benzene rings is 1. The van der Waals surface area contributed by atoms with Crippen LogP contribution in [0.1, 0.15) is 0 Å². The first-order chi connectivity index (χ1) is 4.63. The predicted molar refractivity (Wildman–Crippen MR) is 58.8 cm³/mol. The van der Waals surface area contributed by atoms with Crippen LogP contribution >= 0.6 is 45.8 Å². The molecule has 0 atom stereocenters. The highest BCUT2D eigenvalue weighted by atomic mass is 127. The van der Waals surface area contributed by atoms with Crippen molar-refractivity contribution in [3.05, 3.63) is 25.7 Å². The molecule has 0 amide bonds. The highest BCUT2D eigenvalue weighted by molar-refractivity contribution is 14.1. The number of hydrogen-bond acceptors (Lipinski definition) is 0. The molecule has 10 heavy (non-hydrogen) atoms. The van der Waals surface area contributed by atoms with E-state index in [-0.39, 0.29) is 0 Å². The molecular weight excluding hydrogens is 298 g/mol. The van der Waals surface area contributed by atoms with Crippen LogP contribution in [0.25, 0.3) is 0 Å². The van der Waals surface area contributed by atoms with Crippen molar-refractivity contribution in [2.75, 3.05) is 0 Å². The van der Waals surface area contributed by atoms with Gasteiger partial charge in [0.15, 0.2) is 0 Å². The van der Waals surface area contributed by atoms with Gasteiger partial charge in [0.25, 0.3) is 0 Å². The van der Waals surface area contributed by atoms with Gasteiger partial charge in [-0.1, -0.05) is 34.5 Å². The molecule has 1 rings (SSSR count). The maximum Gasteiger partial charge on any atom is 0.0724 e. The first kappa shape index (κ1) is 8.84. The molecule has 0 aromatic heterocycles. The van der Waals surface area contributed by atoms with Crippen LogP contribution in [0.4, 0.5) is 0 Å². The van der Waals surface area contributed by atoms with E-state index in [4.69, 9.17) is 23.2 Å². The zero-order chi connectivity index (χ0) is 7.72. The van der Waals surface area contributed by atoms with Gasteiger partial charge in [0.2, 0.25) is 0 Å². The van der Waals surface area contributed by atoms with E-state index < -0.39 is 0 Å². The molecule has 0 fully saturated rings. The Balaban J connectivity index is 3.34. The summed E-state index contributed by atoms with van der Waals surface area (Å²) in [4.78, 5) is 0. The Morgan fingerprint density at radius 1 is 1.30 bits per heavy atom. The van der Waals surface area contributed by atoms with Gasteiger partial charge in [-0.15, -0.1) is 0 Å². The lowest BCUT2D eigenvalue weighted by Crippen LogP contribution is -2.06. The lowest BCUT2D eigenvalue weighted by atomic mass is 10.4. The van der Waals surface area contributed by atoms with E-state index in [9.17, 15) is 0 Å². The molecule has 1 aromatic carbocycles. The van der Waals surface area contributed by atoms with Gasteiger partial charge in [0, 0.05) is 13.8 Å². The minimum atomic E-state index is 0.644. The van der Waals surface area contributed by atoms with Crippen molar-refractivity contribution in [2.24, 2.45) is 0 Å². The molecule has 0 spiro atoms. The summed E-state index contributed by atoms with van der Waals surface area (Å²) in [5, 5.41) is 2.63. The van der Waals surface area contributed by atoms with Crippen LogP contribution in [0.15, 0.2) is 12.1 Å². The molecule has 4 heteroatoms. The Labute approximate surface area is 86.5 Å². The van der Waals surface area contributed by atoms with Crippen LogP contribution in [-0.2, 0) is 0 Å². The fourth-order valence-corrected chi connectivity index (χ4v) is 2.20. The van der Waals surface area contributed by atoms with E-state index in [0.29, 0.717) is 10.0 Å². The van der Waals surface area contributed by atoms with Gasteiger partial charge < -0.3 is 0 Å². The summed E-state index contributed by atoms with van der Waals surface area (Å²) in [6.07, 6.45) is 0. The third kappa shape index (κ3) is 1.67. The predicted octanol–water partition coefficient (Wildman–Crippen LogP) is 1.59. The SMILES string of the molecule is [SiH3]c1ccc(Cl)c(Cl)c1I. The van der Waals surface area contributed by atoms with E-state index in [1.165, 1.54) is 5.19 Å². The van der Waals surface area contributed by atoms with Gasteiger partial charge in [-0.25, -0.2) is 0 Å². The standard InChI is InChI=1S/C6H5Cl2ISi/c7-3-1-2-4(10)6(9)5(3)8/h1-2H,10H3. The largest absolute Gasteiger partial charge is 0.0827 e. The quantitative estimate of drug-likeness (QED) is 0.388. The second-order valence-electron chi connectivity index (χ2n) is 1.99. The molecular formula is C6H5Cl2ISi. The summed E-state index contributed by atoms with van der Waals surface area (Å²) in [6.45, 7) is 0. The Bertz CT molecular complexity index is 235. The number of hydrogen-bond donors (Lipinski definition) is 0. The van der Waals surface area contributed by atoms with E-state index >= 15 is 0 Å². The first-order valence-corrected chi connectivity index (χ1v) is 5.56. The lowest BCUT2D eigenvalue weighted by Gasteiger charge is -2.01. The maximum absolute atomic E-state index is 5.87. The third-order valence-electron chi connectivity index (χ3n) is 1.23. The average Bonchev–Trinajstić information content (AvgIpc) is 1.93. The van der Waals surface area contributed by atoms with E-state index in [1.807, 2.05) is 12.1 Å². The molecule has 0 N–H and O–H groups in total. The van der Waals surface area contributed by atoms with Crippen molar-refractivity contribution >= 4 is 61.2 Å². The Morgan fingerprint density at radius 3 is 2.40 bits per heavy atom. The molecule has 0 saturated carbocycles. The van der Waals surface area contributed by atoms with E-state index in [0.717, 1.165) is 13.8 Å². The van der Waals surface area contributed by atoms with Crippen LogP contribution in [0, 0.1) is 3.57 Å². The molecule has 0 heterocycles. The first-order valence-electron chi connectivity index (χ1n) is 2.73. The Kier molecular flexibility index (Phi) is 3.03. The summed E-state index contributed by atoms with van der Waals surface area (Å²) < 4.78 is 1.10. The van der Waals surface area contributed by atoms with Gasteiger partial charge in [-0.3, -0.25) is 0 Å². The highest BCUT2D eigenvalue weighted by Gasteiger charge is 2.03. The number of rotatable bonds is 0. The van der Waals surface area contributed by atoms with Crippen molar-refractivity contribution in [2.45, 2.75) is 0 Å². The van der Waals surface area contributed by atoms with Crippen LogP contribution in [-0.4, -0.2) is 10.2 Å². The third-order valence-corrected chi connectivity index (χ3v) is 5.59. The zero-order valence-electron chi connectivity index (χ0n) is 5.29. The topological polar surface area (TPSA) is 0 Å². The second-order valence-corrected chi connectivity index (χ2v) is 4.93. The lowest BCUT2D eigenvalue weighted by molar-refractivity contribution is 1.70. The summed E-state index contributed by atoms with van der Waals surface area (Å²) in [7, 11) is 1.02. The van der Waals surface area contributed by atoms with E-state index in [1.54, 1.807) is 0 Å². The van der Waals surface area contributed by atoms with Crippen LogP contribution in [0.3, 0.4) is 0 Å². The fraction of sp³-hybridized carbons (Fsp3) is 0. The minimum Gasteiger partial charge on any atom is -0.0827 e. The van der Waals surface area contributed by atoms with Crippen molar-refractivity contribution in [3.63, 3.8) is 0 Å². The van der Waals surface area contributed by atoms with Crippen LogP contribution < -0.4 is 5.19 Å². The van der Waals surface area contributed by atoms with Crippen molar-refractivity contribution in [1.82, 2.24) is 0 Å². The molecule has 0 aliphatic carbocycles. The highest BCUT2D eigenvalue weighted by Crippen LogP contribution is 2.24. The average molecular weight is 303 g/mol. The molecule has 0 unspecified atom stereocenters. The summed E-state index contributed by atoms with van der Waals surface area (Å²) in [5.41, 5.74) is 0. The molecule has 0 bridgehead atoms. The van der Waals surface area contributed by atoms with Gasteiger partial charge in [0.05, 0.1) is 10.0 Å². The van der Waals surface area contributed by atoms with Crippen LogP contribution in [0.5, 0.6) is 0 Å². The minimum absolute atomic E-state index is 0.644. The summed E-state index contributed by atoms with van der Waals surface area (Å²) in [5.74, 6) is 0. The molecule has 54 valence electrons. The van der Waals surface area contributed by atoms with Gasteiger partial charge in [-0.05, 0) is 28.7 Å². The summed E-state index contributed by atoms with van der Waals surface area (Å²) in [6, 6.07) is 3.86. The molecule has 1 aromatic rings. The molecule has 0 saturated heterocycles. The summed E-state index contributed by atoms with van der Waals surface area (Å²) >= 11 is 13.8. The number of halogens is 3. The Hall–Kier alpha value is 0.747. The van der Waals surface area contributed by atoms with Crippen LogP contribution in [0.2, 0.25) is 10.0 Å². The smallest absolute Gasteiger partial charge is 0.0724 e. The maximum atomic E-state index is 5.87. The van der Waals surface area contributed by atoms with Crippen molar-refractivity contribution in [1.29, 1.82) is 0 Å². The molecule has 0 aliphatic rings. The normalized spacial score (nSPS) is 10.3. The van der Waals surface area contributed by atoms with Gasteiger partial charge in [-0.2, -0.15) is 0 Å². The molecule has 0 radical (unpaired) electrons. The molecule has 0 aliphatic heterocycles.